The molecule has 1 N–H and O–H groups in total. The van der Waals surface area contributed by atoms with E-state index in [1.165, 1.54) is 18.5 Å². The molecular weight excluding hydrogens is 335 g/mol. The molecule has 3 heterocycles. The molecule has 0 saturated carbocycles. The summed E-state index contributed by atoms with van der Waals surface area (Å²) in [6.45, 7) is 5.69. The summed E-state index contributed by atoms with van der Waals surface area (Å²) in [6, 6.07) is 8.76. The molecule has 136 valence electrons. The zero-order chi connectivity index (χ0) is 17.9. The number of morpholine rings is 1. The number of nitrogens with one attached hydrogen (secondary N) is 1. The normalized spacial score (nSPS) is 16.7. The minimum atomic E-state index is -0.225. The van der Waals surface area contributed by atoms with Gasteiger partial charge in [0.15, 0.2) is 0 Å². The van der Waals surface area contributed by atoms with Crippen LogP contribution in [0, 0.1) is 12.7 Å². The van der Waals surface area contributed by atoms with Crippen molar-refractivity contribution in [3.05, 3.63) is 53.7 Å². The first-order valence-electron chi connectivity index (χ1n) is 8.69. The third-order valence-corrected chi connectivity index (χ3v) is 4.60. The molecule has 2 aromatic heterocycles. The summed E-state index contributed by atoms with van der Waals surface area (Å²) in [5.41, 5.74) is 1.94. The number of nitrogens with zero attached hydrogens (tertiary/aromatic N) is 5. The van der Waals surface area contributed by atoms with Gasteiger partial charge in [0.1, 0.15) is 18.0 Å². The average Bonchev–Trinajstić information content (AvgIpc) is 3.12. The molecule has 7 nitrogen and oxygen atoms in total. The van der Waals surface area contributed by atoms with E-state index in [0.717, 1.165) is 30.2 Å². The number of benzene rings is 1. The lowest BCUT2D eigenvalue weighted by Gasteiger charge is -2.35. The third-order valence-electron chi connectivity index (χ3n) is 4.60. The summed E-state index contributed by atoms with van der Waals surface area (Å²) >= 11 is 0. The topological polar surface area (TPSA) is 67.6 Å². The molecular formula is C18H21FN6O. The molecule has 0 amide bonds. The quantitative estimate of drug-likeness (QED) is 0.755. The van der Waals surface area contributed by atoms with Gasteiger partial charge in [-0.1, -0.05) is 12.1 Å². The largest absolute Gasteiger partial charge is 0.379 e. The van der Waals surface area contributed by atoms with Crippen LogP contribution in [0.1, 0.15) is 17.3 Å². The third kappa shape index (κ3) is 3.51. The number of rotatable bonds is 5. The molecule has 1 atom stereocenters. The van der Waals surface area contributed by atoms with Crippen molar-refractivity contribution < 1.29 is 9.13 Å². The Morgan fingerprint density at radius 1 is 1.23 bits per heavy atom. The van der Waals surface area contributed by atoms with Crippen molar-refractivity contribution in [2.45, 2.75) is 13.0 Å². The fourth-order valence-electron chi connectivity index (χ4n) is 3.29. The monoisotopic (exact) mass is 356 g/mol. The van der Waals surface area contributed by atoms with Crippen LogP contribution < -0.4 is 5.32 Å². The first-order valence-corrected chi connectivity index (χ1v) is 8.69. The molecule has 4 rings (SSSR count). The first kappa shape index (κ1) is 16.9. The number of halogens is 1. The summed E-state index contributed by atoms with van der Waals surface area (Å²) in [7, 11) is 0. The van der Waals surface area contributed by atoms with Gasteiger partial charge in [0, 0.05) is 31.4 Å². The molecule has 1 fully saturated rings. The van der Waals surface area contributed by atoms with Crippen LogP contribution in [0.5, 0.6) is 0 Å². The van der Waals surface area contributed by atoms with Crippen molar-refractivity contribution in [2.24, 2.45) is 0 Å². The number of anilines is 1. The number of aryl methyl sites for hydroxylation is 1. The Bertz CT molecular complexity index is 875. The minimum Gasteiger partial charge on any atom is -0.379 e. The van der Waals surface area contributed by atoms with Gasteiger partial charge in [0.2, 0.25) is 0 Å². The highest BCUT2D eigenvalue weighted by Crippen LogP contribution is 2.23. The smallest absolute Gasteiger partial charge is 0.254 e. The zero-order valence-corrected chi connectivity index (χ0v) is 14.6. The Morgan fingerprint density at radius 3 is 2.77 bits per heavy atom. The van der Waals surface area contributed by atoms with E-state index in [4.69, 9.17) is 4.74 Å². The van der Waals surface area contributed by atoms with Crippen LogP contribution in [0.4, 0.5) is 10.2 Å². The number of fused-ring (bicyclic) bond motifs is 1. The fourth-order valence-corrected chi connectivity index (χ4v) is 3.29. The molecule has 1 aliphatic heterocycles. The zero-order valence-electron chi connectivity index (χ0n) is 14.6. The van der Waals surface area contributed by atoms with Crippen molar-refractivity contribution >= 4 is 11.6 Å². The van der Waals surface area contributed by atoms with Crippen LogP contribution in [-0.4, -0.2) is 57.3 Å². The van der Waals surface area contributed by atoms with Crippen molar-refractivity contribution in [3.8, 4) is 0 Å². The molecule has 1 saturated heterocycles. The minimum absolute atomic E-state index is 0.103. The molecule has 1 aliphatic rings. The maximum Gasteiger partial charge on any atom is 0.254 e. The highest BCUT2D eigenvalue weighted by atomic mass is 19.1. The Hall–Kier alpha value is -2.58. The SMILES string of the molecule is Cc1cc(NC[C@H](c2ccc(F)cc2)N2CCOCC2)n2ncnc2n1. The Balaban J connectivity index is 1.59. The van der Waals surface area contributed by atoms with Crippen molar-refractivity contribution in [1.82, 2.24) is 24.5 Å². The van der Waals surface area contributed by atoms with Crippen molar-refractivity contribution in [1.29, 1.82) is 0 Å². The van der Waals surface area contributed by atoms with E-state index in [1.54, 1.807) is 4.52 Å². The van der Waals surface area contributed by atoms with E-state index >= 15 is 0 Å². The predicted molar refractivity (Wildman–Crippen MR) is 95.5 cm³/mol. The predicted octanol–water partition coefficient (Wildman–Crippen LogP) is 2.06. The highest BCUT2D eigenvalue weighted by molar-refractivity contribution is 5.45. The van der Waals surface area contributed by atoms with Gasteiger partial charge in [-0.15, -0.1) is 0 Å². The van der Waals surface area contributed by atoms with Crippen molar-refractivity contribution in [3.63, 3.8) is 0 Å². The van der Waals surface area contributed by atoms with Crippen LogP contribution in [0.25, 0.3) is 5.78 Å². The molecule has 26 heavy (non-hydrogen) atoms. The molecule has 0 aliphatic carbocycles. The van der Waals surface area contributed by atoms with E-state index in [1.807, 2.05) is 25.1 Å². The molecule has 0 unspecified atom stereocenters. The van der Waals surface area contributed by atoms with Gasteiger partial charge in [-0.05, 0) is 24.6 Å². The van der Waals surface area contributed by atoms with Crippen LogP contribution in [0.3, 0.4) is 0 Å². The van der Waals surface area contributed by atoms with Gasteiger partial charge in [-0.2, -0.15) is 14.6 Å². The highest BCUT2D eigenvalue weighted by Gasteiger charge is 2.23. The second-order valence-electron chi connectivity index (χ2n) is 6.35. The number of hydrogen-bond acceptors (Lipinski definition) is 6. The van der Waals surface area contributed by atoms with Crippen LogP contribution in [-0.2, 0) is 4.74 Å². The van der Waals surface area contributed by atoms with Crippen LogP contribution in [0.2, 0.25) is 0 Å². The van der Waals surface area contributed by atoms with Gasteiger partial charge in [0.05, 0.1) is 19.3 Å². The van der Waals surface area contributed by atoms with Crippen LogP contribution >= 0.6 is 0 Å². The Kier molecular flexibility index (Phi) is 4.77. The molecule has 3 aromatic rings. The molecule has 0 bridgehead atoms. The Morgan fingerprint density at radius 2 is 2.00 bits per heavy atom. The first-order chi connectivity index (χ1) is 12.7. The summed E-state index contributed by atoms with van der Waals surface area (Å²) in [4.78, 5) is 10.9. The van der Waals surface area contributed by atoms with E-state index in [-0.39, 0.29) is 11.9 Å². The number of hydrogen-bond donors (Lipinski definition) is 1. The molecule has 0 radical (unpaired) electrons. The summed E-state index contributed by atoms with van der Waals surface area (Å²) < 4.78 is 20.5. The van der Waals surface area contributed by atoms with Crippen LogP contribution in [0.15, 0.2) is 36.7 Å². The van der Waals surface area contributed by atoms with E-state index in [2.05, 4.69) is 25.3 Å². The number of aromatic nitrogens is 4. The average molecular weight is 356 g/mol. The van der Waals surface area contributed by atoms with E-state index < -0.39 is 0 Å². The lowest BCUT2D eigenvalue weighted by Crippen LogP contribution is -2.41. The van der Waals surface area contributed by atoms with E-state index in [0.29, 0.717) is 25.5 Å². The van der Waals surface area contributed by atoms with Gasteiger partial charge in [-0.25, -0.2) is 9.37 Å². The lowest BCUT2D eigenvalue weighted by molar-refractivity contribution is 0.0187. The molecule has 8 heteroatoms. The second-order valence-corrected chi connectivity index (χ2v) is 6.35. The fraction of sp³-hybridized carbons (Fsp3) is 0.389. The summed E-state index contributed by atoms with van der Waals surface area (Å²) in [5.74, 6) is 1.18. The van der Waals surface area contributed by atoms with Gasteiger partial charge >= 0.3 is 0 Å². The number of ether oxygens (including phenoxy) is 1. The van der Waals surface area contributed by atoms with Gasteiger partial charge < -0.3 is 10.1 Å². The van der Waals surface area contributed by atoms with E-state index in [9.17, 15) is 4.39 Å². The summed E-state index contributed by atoms with van der Waals surface area (Å²) in [6.07, 6.45) is 1.49. The Labute approximate surface area is 150 Å². The molecule has 0 spiro atoms. The lowest BCUT2D eigenvalue weighted by atomic mass is 10.0. The van der Waals surface area contributed by atoms with Gasteiger partial charge in [-0.3, -0.25) is 4.90 Å². The summed E-state index contributed by atoms with van der Waals surface area (Å²) in [5, 5.41) is 7.70. The van der Waals surface area contributed by atoms with Gasteiger partial charge in [0.25, 0.3) is 5.78 Å². The standard InChI is InChI=1S/C18H21FN6O/c1-13-10-17(25-18(23-13)21-12-22-25)20-11-16(24-6-8-26-9-7-24)14-2-4-15(19)5-3-14/h2-5,10,12,16,20H,6-9,11H2,1H3/t16-/m1/s1. The second kappa shape index (κ2) is 7.35. The van der Waals surface area contributed by atoms with Crippen molar-refractivity contribution in [2.75, 3.05) is 38.2 Å². The molecule has 1 aromatic carbocycles. The maximum absolute atomic E-state index is 13.4. The maximum atomic E-state index is 13.4.